The zero-order chi connectivity index (χ0) is 14.4. The van der Waals surface area contributed by atoms with Gasteiger partial charge in [0.1, 0.15) is 0 Å². The normalized spacial score (nSPS) is 11.2. The van der Waals surface area contributed by atoms with Crippen LogP contribution in [0.5, 0.6) is 0 Å². The first-order valence-electron chi connectivity index (χ1n) is 6.15. The van der Waals surface area contributed by atoms with Gasteiger partial charge in [0.05, 0.1) is 16.7 Å². The molecule has 102 valence electrons. The smallest absolute Gasteiger partial charge is 0.182 e. The third-order valence-electron chi connectivity index (χ3n) is 3.32. The van der Waals surface area contributed by atoms with Crippen LogP contribution in [-0.4, -0.2) is 9.55 Å². The summed E-state index contributed by atoms with van der Waals surface area (Å²) in [5, 5.41) is 0. The summed E-state index contributed by atoms with van der Waals surface area (Å²) in [6.45, 7) is 4.22. The van der Waals surface area contributed by atoms with Gasteiger partial charge < -0.3 is 4.98 Å². The van der Waals surface area contributed by atoms with Gasteiger partial charge in [-0.1, -0.05) is 15.9 Å². The predicted molar refractivity (Wildman–Crippen MR) is 98.4 cm³/mol. The molecule has 1 aromatic heterocycles. The highest BCUT2D eigenvalue weighted by Gasteiger charge is 2.12. The molecule has 1 N–H and O–H groups in total. The molecule has 0 amide bonds. The van der Waals surface area contributed by atoms with Gasteiger partial charge in [-0.3, -0.25) is 4.57 Å². The Morgan fingerprint density at radius 3 is 2.45 bits per heavy atom. The Bertz CT molecular complexity index is 856. The molecule has 2 aromatic carbocycles. The number of hydrogen-bond acceptors (Lipinski definition) is 1. The molecule has 0 atom stereocenters. The number of nitrogens with zero attached hydrogens (tertiary/aromatic N) is 1. The molecular weight excluding hydrogens is 447 g/mol. The van der Waals surface area contributed by atoms with Gasteiger partial charge in [-0.25, -0.2) is 0 Å². The van der Waals surface area contributed by atoms with E-state index in [1.807, 2.05) is 0 Å². The molecule has 0 unspecified atom stereocenters. The van der Waals surface area contributed by atoms with Crippen LogP contribution < -0.4 is 0 Å². The number of aromatic amines is 1. The lowest BCUT2D eigenvalue weighted by Crippen LogP contribution is -2.00. The van der Waals surface area contributed by atoms with Crippen molar-refractivity contribution in [2.24, 2.45) is 0 Å². The standard InChI is InChI=1S/C15H12BrIN2S/c1-8-5-10(16)6-9(2)14(8)19-13-4-3-11(17)7-12(13)18-15(19)20/h3-7H,1-2H3,(H,18,20). The van der Waals surface area contributed by atoms with E-state index < -0.39 is 0 Å². The second-order valence-electron chi connectivity index (χ2n) is 4.82. The van der Waals surface area contributed by atoms with Gasteiger partial charge in [-0.15, -0.1) is 0 Å². The summed E-state index contributed by atoms with van der Waals surface area (Å²) in [5.74, 6) is 0. The molecular formula is C15H12BrIN2S. The molecule has 5 heteroatoms. The van der Waals surface area contributed by atoms with Gasteiger partial charge in [0.15, 0.2) is 4.77 Å². The van der Waals surface area contributed by atoms with E-state index in [1.54, 1.807) is 0 Å². The summed E-state index contributed by atoms with van der Waals surface area (Å²) in [4.78, 5) is 3.30. The molecule has 3 rings (SSSR count). The summed E-state index contributed by atoms with van der Waals surface area (Å²) in [7, 11) is 0. The lowest BCUT2D eigenvalue weighted by Gasteiger charge is -2.13. The van der Waals surface area contributed by atoms with Crippen LogP contribution in [0.4, 0.5) is 0 Å². The van der Waals surface area contributed by atoms with Crippen LogP contribution in [0.2, 0.25) is 0 Å². The van der Waals surface area contributed by atoms with Gasteiger partial charge in [-0.05, 0) is 90.1 Å². The monoisotopic (exact) mass is 458 g/mol. The van der Waals surface area contributed by atoms with E-state index in [4.69, 9.17) is 12.2 Å². The van der Waals surface area contributed by atoms with E-state index in [2.05, 4.69) is 92.3 Å². The van der Waals surface area contributed by atoms with Crippen LogP contribution in [-0.2, 0) is 0 Å². The van der Waals surface area contributed by atoms with Crippen molar-refractivity contribution in [3.63, 3.8) is 0 Å². The second kappa shape index (κ2) is 5.27. The number of H-pyrrole nitrogens is 1. The number of nitrogens with one attached hydrogen (secondary N) is 1. The van der Waals surface area contributed by atoms with E-state index in [0.29, 0.717) is 0 Å². The van der Waals surface area contributed by atoms with Gasteiger partial charge >= 0.3 is 0 Å². The van der Waals surface area contributed by atoms with Crippen molar-refractivity contribution in [2.75, 3.05) is 0 Å². The average molecular weight is 459 g/mol. The third kappa shape index (κ3) is 2.35. The molecule has 1 heterocycles. The molecule has 0 aliphatic heterocycles. The highest BCUT2D eigenvalue weighted by Crippen LogP contribution is 2.28. The molecule has 0 aliphatic carbocycles. The first kappa shape index (κ1) is 14.3. The van der Waals surface area contributed by atoms with Crippen molar-refractivity contribution >= 4 is 61.8 Å². The van der Waals surface area contributed by atoms with Crippen LogP contribution in [0.25, 0.3) is 16.7 Å². The zero-order valence-electron chi connectivity index (χ0n) is 11.0. The minimum Gasteiger partial charge on any atom is -0.330 e. The lowest BCUT2D eigenvalue weighted by atomic mass is 10.1. The molecule has 2 nitrogen and oxygen atoms in total. The van der Waals surface area contributed by atoms with E-state index in [1.165, 1.54) is 14.7 Å². The number of aryl methyl sites for hydroxylation is 2. The topological polar surface area (TPSA) is 20.7 Å². The van der Waals surface area contributed by atoms with Crippen LogP contribution in [0.1, 0.15) is 11.1 Å². The number of imidazole rings is 1. The first-order chi connectivity index (χ1) is 9.47. The van der Waals surface area contributed by atoms with Crippen molar-refractivity contribution in [3.05, 3.63) is 54.3 Å². The van der Waals surface area contributed by atoms with E-state index in [0.717, 1.165) is 26.0 Å². The molecule has 0 aliphatic rings. The summed E-state index contributed by atoms with van der Waals surface area (Å²) >= 11 is 11.4. The molecule has 0 saturated carbocycles. The molecule has 0 spiro atoms. The van der Waals surface area contributed by atoms with Crippen molar-refractivity contribution in [3.8, 4) is 5.69 Å². The van der Waals surface area contributed by atoms with Gasteiger partial charge in [0, 0.05) is 8.04 Å². The van der Waals surface area contributed by atoms with Crippen LogP contribution in [0.3, 0.4) is 0 Å². The largest absolute Gasteiger partial charge is 0.330 e. The number of fused-ring (bicyclic) bond motifs is 1. The number of rotatable bonds is 1. The molecule has 0 radical (unpaired) electrons. The van der Waals surface area contributed by atoms with E-state index in [-0.39, 0.29) is 0 Å². The Morgan fingerprint density at radius 1 is 1.15 bits per heavy atom. The van der Waals surface area contributed by atoms with E-state index >= 15 is 0 Å². The maximum absolute atomic E-state index is 5.52. The highest BCUT2D eigenvalue weighted by atomic mass is 127. The van der Waals surface area contributed by atoms with Crippen molar-refractivity contribution in [2.45, 2.75) is 13.8 Å². The maximum atomic E-state index is 5.52. The Kier molecular flexibility index (Phi) is 3.77. The Morgan fingerprint density at radius 2 is 1.80 bits per heavy atom. The van der Waals surface area contributed by atoms with Crippen LogP contribution in [0, 0.1) is 22.2 Å². The fourth-order valence-corrected chi connectivity index (χ4v) is 4.04. The Hall–Kier alpha value is -0.660. The van der Waals surface area contributed by atoms with Gasteiger partial charge in [0.25, 0.3) is 0 Å². The zero-order valence-corrected chi connectivity index (χ0v) is 15.6. The average Bonchev–Trinajstić information content (AvgIpc) is 2.64. The molecule has 20 heavy (non-hydrogen) atoms. The van der Waals surface area contributed by atoms with Gasteiger partial charge in [0.2, 0.25) is 0 Å². The van der Waals surface area contributed by atoms with Gasteiger partial charge in [-0.2, -0.15) is 0 Å². The first-order valence-corrected chi connectivity index (χ1v) is 8.43. The lowest BCUT2D eigenvalue weighted by molar-refractivity contribution is 1.03. The number of benzene rings is 2. The molecule has 0 saturated heterocycles. The number of aromatic nitrogens is 2. The highest BCUT2D eigenvalue weighted by molar-refractivity contribution is 14.1. The van der Waals surface area contributed by atoms with Crippen molar-refractivity contribution in [1.82, 2.24) is 9.55 Å². The summed E-state index contributed by atoms with van der Waals surface area (Å²) in [6, 6.07) is 10.6. The molecule has 0 bridgehead atoms. The SMILES string of the molecule is Cc1cc(Br)cc(C)c1-n1c(=S)[nH]c2cc(I)ccc21. The fraction of sp³-hybridized carbons (Fsp3) is 0.133. The van der Waals surface area contributed by atoms with E-state index in [9.17, 15) is 0 Å². The van der Waals surface area contributed by atoms with Crippen molar-refractivity contribution < 1.29 is 0 Å². The quantitative estimate of drug-likeness (QED) is 0.368. The maximum Gasteiger partial charge on any atom is 0.182 e. The fourth-order valence-electron chi connectivity index (χ4n) is 2.56. The Balaban J connectivity index is 2.41. The minimum absolute atomic E-state index is 0.732. The summed E-state index contributed by atoms with van der Waals surface area (Å²) in [5.41, 5.74) is 5.75. The molecule has 3 aromatic rings. The van der Waals surface area contributed by atoms with Crippen LogP contribution in [0.15, 0.2) is 34.8 Å². The second-order valence-corrected chi connectivity index (χ2v) is 7.36. The minimum atomic E-state index is 0.732. The third-order valence-corrected chi connectivity index (χ3v) is 4.74. The predicted octanol–water partition coefficient (Wildman–Crippen LogP) is 5.67. The number of halogens is 2. The number of hydrogen-bond donors (Lipinski definition) is 1. The van der Waals surface area contributed by atoms with Crippen LogP contribution >= 0.6 is 50.7 Å². The van der Waals surface area contributed by atoms with Crippen molar-refractivity contribution in [1.29, 1.82) is 0 Å². The Labute approximate surface area is 144 Å². The summed E-state index contributed by atoms with van der Waals surface area (Å²) < 4.78 is 5.15. The molecule has 0 fully saturated rings. The summed E-state index contributed by atoms with van der Waals surface area (Å²) in [6.07, 6.45) is 0.